The van der Waals surface area contributed by atoms with E-state index in [1.54, 1.807) is 41.2 Å². The summed E-state index contributed by atoms with van der Waals surface area (Å²) < 4.78 is 6.70. The average Bonchev–Trinajstić information content (AvgIpc) is 3.37. The predicted molar refractivity (Wildman–Crippen MR) is 144 cm³/mol. The number of fused-ring (bicyclic) bond motifs is 1. The van der Waals surface area contributed by atoms with E-state index in [2.05, 4.69) is 10.4 Å². The summed E-state index contributed by atoms with van der Waals surface area (Å²) >= 11 is 0. The van der Waals surface area contributed by atoms with Crippen molar-refractivity contribution < 1.29 is 29.3 Å². The molecule has 2 aromatic carbocycles. The minimum atomic E-state index is -1.10. The van der Waals surface area contributed by atoms with Crippen LogP contribution in [0.1, 0.15) is 45.8 Å². The molecule has 1 unspecified atom stereocenters. The van der Waals surface area contributed by atoms with E-state index in [4.69, 9.17) is 9.84 Å². The molecule has 0 radical (unpaired) electrons. The number of nitrogens with zero attached hydrogens (tertiary/aromatic N) is 4. The van der Waals surface area contributed by atoms with Crippen molar-refractivity contribution in [3.63, 3.8) is 0 Å². The van der Waals surface area contributed by atoms with Gasteiger partial charge < -0.3 is 30.1 Å². The average molecular weight is 534 g/mol. The van der Waals surface area contributed by atoms with Crippen molar-refractivity contribution >= 4 is 29.1 Å². The lowest BCUT2D eigenvalue weighted by Crippen LogP contribution is -2.39. The number of carbonyl (C=O) groups is 3. The minimum Gasteiger partial charge on any atom is -0.497 e. The Morgan fingerprint density at radius 3 is 2.28 bits per heavy atom. The number of amides is 3. The lowest BCUT2D eigenvalue weighted by Gasteiger charge is -2.29. The molecule has 3 N–H and O–H groups in total. The summed E-state index contributed by atoms with van der Waals surface area (Å²) in [5.41, 5.74) is 2.95. The molecule has 2 aliphatic heterocycles. The molecular weight excluding hydrogens is 502 g/mol. The third-order valence-electron chi connectivity index (χ3n) is 7.05. The summed E-state index contributed by atoms with van der Waals surface area (Å²) in [6.45, 7) is 0.384. The number of methoxy groups -OCH3 is 1. The molecule has 3 heterocycles. The summed E-state index contributed by atoms with van der Waals surface area (Å²) in [6.07, 6.45) is 1.69. The number of carbonyl (C=O) groups excluding carboxylic acids is 3. The quantitative estimate of drug-likeness (QED) is 0.401. The zero-order valence-electron chi connectivity index (χ0n) is 21.7. The van der Waals surface area contributed by atoms with Crippen LogP contribution >= 0.6 is 0 Å². The molecule has 2 aliphatic rings. The normalized spacial score (nSPS) is 16.2. The summed E-state index contributed by atoms with van der Waals surface area (Å²) in [7, 11) is 1.56. The van der Waals surface area contributed by atoms with Crippen molar-refractivity contribution in [3.8, 4) is 11.4 Å². The van der Waals surface area contributed by atoms with Gasteiger partial charge in [0.15, 0.2) is 5.69 Å². The molecule has 1 atom stereocenters. The first kappa shape index (κ1) is 26.4. The van der Waals surface area contributed by atoms with Crippen LogP contribution in [0.3, 0.4) is 0 Å². The Bertz CT molecular complexity index is 1370. The van der Waals surface area contributed by atoms with Crippen molar-refractivity contribution in [1.82, 2.24) is 15.1 Å². The number of aliphatic hydroxyl groups is 2. The zero-order valence-corrected chi connectivity index (χ0v) is 21.7. The van der Waals surface area contributed by atoms with Crippen LogP contribution in [0.15, 0.2) is 48.5 Å². The van der Waals surface area contributed by atoms with Crippen LogP contribution in [-0.4, -0.2) is 77.2 Å². The van der Waals surface area contributed by atoms with Crippen LogP contribution in [0.25, 0.3) is 5.69 Å². The fraction of sp³-hybridized carbons (Fsp3) is 0.357. The molecule has 11 heteroatoms. The first-order chi connectivity index (χ1) is 18.9. The Balaban J connectivity index is 1.48. The highest BCUT2D eigenvalue weighted by Gasteiger charge is 2.35. The van der Waals surface area contributed by atoms with Gasteiger partial charge in [0.25, 0.3) is 11.8 Å². The highest BCUT2D eigenvalue weighted by Crippen LogP contribution is 2.31. The highest BCUT2D eigenvalue weighted by atomic mass is 16.5. The summed E-state index contributed by atoms with van der Waals surface area (Å²) in [6, 6.07) is 14.4. The fourth-order valence-electron chi connectivity index (χ4n) is 4.95. The van der Waals surface area contributed by atoms with E-state index in [9.17, 15) is 19.5 Å². The number of rotatable bonds is 8. The van der Waals surface area contributed by atoms with Gasteiger partial charge in [0, 0.05) is 43.0 Å². The predicted octanol–water partition coefficient (Wildman–Crippen LogP) is 1.68. The third kappa shape index (κ3) is 5.23. The summed E-state index contributed by atoms with van der Waals surface area (Å²) in [4.78, 5) is 42.6. The number of piperidine rings is 1. The van der Waals surface area contributed by atoms with E-state index < -0.39 is 18.6 Å². The molecule has 39 heavy (non-hydrogen) atoms. The summed E-state index contributed by atoms with van der Waals surface area (Å²) in [5.74, 6) is -0.108. The van der Waals surface area contributed by atoms with Gasteiger partial charge in [-0.25, -0.2) is 4.68 Å². The van der Waals surface area contributed by atoms with E-state index >= 15 is 0 Å². The highest BCUT2D eigenvalue weighted by molar-refractivity contribution is 6.09. The molecule has 11 nitrogen and oxygen atoms in total. The Hall–Kier alpha value is -4.22. The zero-order chi connectivity index (χ0) is 27.5. The maximum Gasteiger partial charge on any atom is 0.277 e. The molecule has 0 spiro atoms. The van der Waals surface area contributed by atoms with Crippen LogP contribution in [0.5, 0.6) is 5.75 Å². The Kier molecular flexibility index (Phi) is 7.62. The second-order valence-electron chi connectivity index (χ2n) is 9.56. The van der Waals surface area contributed by atoms with Crippen molar-refractivity contribution in [2.24, 2.45) is 0 Å². The van der Waals surface area contributed by atoms with Gasteiger partial charge >= 0.3 is 0 Å². The van der Waals surface area contributed by atoms with Gasteiger partial charge in [0.05, 0.1) is 25.5 Å². The molecule has 0 aliphatic carbocycles. The van der Waals surface area contributed by atoms with Crippen molar-refractivity contribution in [3.05, 3.63) is 65.5 Å². The number of hydrogen-bond acceptors (Lipinski definition) is 7. The molecule has 5 rings (SSSR count). The van der Waals surface area contributed by atoms with Crippen molar-refractivity contribution in [2.75, 3.05) is 43.2 Å². The summed E-state index contributed by atoms with van der Waals surface area (Å²) in [5, 5.41) is 25.8. The lowest BCUT2D eigenvalue weighted by molar-refractivity contribution is -0.119. The molecule has 1 fully saturated rings. The molecule has 0 bridgehead atoms. The largest absolute Gasteiger partial charge is 0.497 e. The number of ether oxygens (including phenoxy) is 1. The van der Waals surface area contributed by atoms with Gasteiger partial charge in [-0.3, -0.25) is 14.4 Å². The van der Waals surface area contributed by atoms with E-state index in [1.807, 2.05) is 24.3 Å². The second kappa shape index (κ2) is 11.3. The number of anilines is 2. The van der Waals surface area contributed by atoms with Crippen LogP contribution in [0, 0.1) is 0 Å². The van der Waals surface area contributed by atoms with Crippen LogP contribution in [-0.2, 0) is 11.2 Å². The van der Waals surface area contributed by atoms with Crippen LogP contribution < -0.4 is 19.9 Å². The van der Waals surface area contributed by atoms with E-state index in [0.29, 0.717) is 48.6 Å². The molecule has 0 saturated carbocycles. The van der Waals surface area contributed by atoms with Crippen LogP contribution in [0.4, 0.5) is 11.4 Å². The lowest BCUT2D eigenvalue weighted by atomic mass is 10.0. The maximum absolute atomic E-state index is 13.9. The topological polar surface area (TPSA) is 137 Å². The van der Waals surface area contributed by atoms with Gasteiger partial charge in [-0.05, 0) is 67.8 Å². The maximum atomic E-state index is 13.9. The number of benzene rings is 2. The molecule has 3 amide bonds. The number of aliphatic hydroxyl groups excluding tert-OH is 2. The standard InChI is InChI=1S/C28H31N5O6/c1-39-22-11-9-20(10-12-22)33-26-23(25(30-33)27(37)29-16-21(35)17-34)13-15-32(28(26)38)19-7-5-18(6-8-19)31-14-3-2-4-24(31)36/h5-12,21,34-35H,2-4,13-17H2,1H3,(H,29,37). The second-order valence-corrected chi connectivity index (χ2v) is 9.56. The third-order valence-corrected chi connectivity index (χ3v) is 7.05. The number of hydrogen-bond donors (Lipinski definition) is 3. The molecule has 1 saturated heterocycles. The van der Waals surface area contributed by atoms with Gasteiger partial charge in [0.1, 0.15) is 11.4 Å². The number of aromatic nitrogens is 2. The first-order valence-corrected chi connectivity index (χ1v) is 13.0. The minimum absolute atomic E-state index is 0.0953. The van der Waals surface area contributed by atoms with E-state index in [-0.39, 0.29) is 29.7 Å². The molecular formula is C28H31N5O6. The monoisotopic (exact) mass is 533 g/mol. The van der Waals surface area contributed by atoms with E-state index in [0.717, 1.165) is 18.5 Å². The van der Waals surface area contributed by atoms with Gasteiger partial charge in [-0.15, -0.1) is 0 Å². The number of nitrogens with one attached hydrogen (secondary N) is 1. The molecule has 1 aromatic heterocycles. The SMILES string of the molecule is COc1ccc(-n2nc(C(=O)NCC(O)CO)c3c2C(=O)N(c2ccc(N4CCCCC4=O)cc2)CC3)cc1. The smallest absolute Gasteiger partial charge is 0.277 e. The van der Waals surface area contributed by atoms with E-state index in [1.165, 1.54) is 4.68 Å². The first-order valence-electron chi connectivity index (χ1n) is 13.0. The fourth-order valence-corrected chi connectivity index (χ4v) is 4.95. The Labute approximate surface area is 225 Å². The Morgan fingerprint density at radius 2 is 1.64 bits per heavy atom. The molecule has 204 valence electrons. The van der Waals surface area contributed by atoms with Crippen molar-refractivity contribution in [1.29, 1.82) is 0 Å². The van der Waals surface area contributed by atoms with Gasteiger partial charge in [-0.2, -0.15) is 5.10 Å². The van der Waals surface area contributed by atoms with Crippen molar-refractivity contribution in [2.45, 2.75) is 31.8 Å². The van der Waals surface area contributed by atoms with Crippen LogP contribution in [0.2, 0.25) is 0 Å². The van der Waals surface area contributed by atoms with Gasteiger partial charge in [-0.1, -0.05) is 0 Å². The van der Waals surface area contributed by atoms with Gasteiger partial charge in [0.2, 0.25) is 5.91 Å². The molecule has 3 aromatic rings. The Morgan fingerprint density at radius 1 is 0.974 bits per heavy atom.